The van der Waals surface area contributed by atoms with Crippen LogP contribution in [-0.4, -0.2) is 46.8 Å². The second-order valence-electron chi connectivity index (χ2n) is 4.18. The number of nitrogens with zero attached hydrogens (tertiary/aromatic N) is 2. The molecule has 2 aliphatic heterocycles. The van der Waals surface area contributed by atoms with E-state index in [0.717, 1.165) is 22.9 Å². The van der Waals surface area contributed by atoms with Crippen molar-refractivity contribution in [2.24, 2.45) is 0 Å². The molecule has 0 atom stereocenters. The monoisotopic (exact) mass is 284 g/mol. The minimum absolute atomic E-state index is 0.137. The zero-order chi connectivity index (χ0) is 13.3. The summed E-state index contributed by atoms with van der Waals surface area (Å²) in [6.07, 6.45) is 1.99. The first-order valence-corrected chi connectivity index (χ1v) is 7.24. The SMILES string of the molecule is CCN1C(=O)/C(=C(C)\C=C2\SCCN2C)OC1=S. The lowest BCUT2D eigenvalue weighted by Gasteiger charge is -2.11. The van der Waals surface area contributed by atoms with Crippen molar-refractivity contribution in [2.75, 3.05) is 25.9 Å². The topological polar surface area (TPSA) is 32.8 Å². The fourth-order valence-electron chi connectivity index (χ4n) is 1.82. The summed E-state index contributed by atoms with van der Waals surface area (Å²) in [4.78, 5) is 15.7. The van der Waals surface area contributed by atoms with Crippen LogP contribution in [0.15, 0.2) is 22.4 Å². The molecular weight excluding hydrogens is 268 g/mol. The summed E-state index contributed by atoms with van der Waals surface area (Å²) < 4.78 is 5.40. The van der Waals surface area contributed by atoms with Gasteiger partial charge in [0.15, 0.2) is 5.76 Å². The number of likely N-dealkylation sites (N-methyl/N-ethyl adjacent to an activating group) is 1. The third-order valence-corrected chi connectivity index (χ3v) is 4.33. The van der Waals surface area contributed by atoms with Crippen LogP contribution in [0, 0.1) is 0 Å². The maximum atomic E-state index is 12.0. The Morgan fingerprint density at radius 2 is 2.33 bits per heavy atom. The van der Waals surface area contributed by atoms with Crippen molar-refractivity contribution in [1.82, 2.24) is 9.80 Å². The standard InChI is InChI=1S/C12H16N2O2S2/c1-4-14-11(15)10(16-12(14)17)8(2)7-9-13(3)5-6-18-9/h7H,4-6H2,1-3H3/b9-7+,10-8+. The summed E-state index contributed by atoms with van der Waals surface area (Å²) in [7, 11) is 2.05. The number of hydrogen-bond donors (Lipinski definition) is 0. The summed E-state index contributed by atoms with van der Waals surface area (Å²) >= 11 is 6.82. The summed E-state index contributed by atoms with van der Waals surface area (Å²) in [6, 6.07) is 0. The van der Waals surface area contributed by atoms with Crippen LogP contribution in [0.5, 0.6) is 0 Å². The normalized spacial score (nSPS) is 25.2. The van der Waals surface area contributed by atoms with Crippen molar-refractivity contribution in [1.29, 1.82) is 0 Å². The molecule has 0 aromatic rings. The van der Waals surface area contributed by atoms with Gasteiger partial charge in [-0.3, -0.25) is 9.69 Å². The molecule has 0 saturated carbocycles. The highest BCUT2D eigenvalue weighted by atomic mass is 32.2. The zero-order valence-corrected chi connectivity index (χ0v) is 12.4. The third-order valence-electron chi connectivity index (χ3n) is 2.92. The Morgan fingerprint density at radius 1 is 1.61 bits per heavy atom. The number of carbonyl (C=O) groups is 1. The van der Waals surface area contributed by atoms with E-state index in [1.54, 1.807) is 11.8 Å². The molecule has 2 heterocycles. The van der Waals surface area contributed by atoms with Crippen LogP contribution >= 0.6 is 24.0 Å². The molecule has 0 aromatic heterocycles. The second-order valence-corrected chi connectivity index (χ2v) is 5.65. The van der Waals surface area contributed by atoms with E-state index >= 15 is 0 Å². The van der Waals surface area contributed by atoms with Crippen LogP contribution in [0.3, 0.4) is 0 Å². The molecule has 0 aliphatic carbocycles. The summed E-state index contributed by atoms with van der Waals surface area (Å²) in [6.45, 7) is 5.34. The van der Waals surface area contributed by atoms with Gasteiger partial charge >= 0.3 is 0 Å². The number of allylic oxidation sites excluding steroid dienone is 2. The van der Waals surface area contributed by atoms with E-state index in [2.05, 4.69) is 4.90 Å². The van der Waals surface area contributed by atoms with Crippen molar-refractivity contribution < 1.29 is 9.53 Å². The first-order chi connectivity index (χ1) is 8.54. The number of rotatable bonds is 2. The van der Waals surface area contributed by atoms with Gasteiger partial charge < -0.3 is 9.64 Å². The Hall–Kier alpha value is -1.01. The van der Waals surface area contributed by atoms with Gasteiger partial charge in [0.1, 0.15) is 0 Å². The number of ether oxygens (including phenoxy) is 1. The Bertz CT molecular complexity index is 457. The van der Waals surface area contributed by atoms with Gasteiger partial charge in [0.05, 0.1) is 5.03 Å². The lowest BCUT2D eigenvalue weighted by molar-refractivity contribution is -0.122. The van der Waals surface area contributed by atoms with Gasteiger partial charge in [-0.2, -0.15) is 0 Å². The number of carbonyl (C=O) groups excluding carboxylic acids is 1. The highest BCUT2D eigenvalue weighted by molar-refractivity contribution is 8.03. The molecule has 0 spiro atoms. The zero-order valence-electron chi connectivity index (χ0n) is 10.7. The van der Waals surface area contributed by atoms with Crippen LogP contribution in [-0.2, 0) is 9.53 Å². The van der Waals surface area contributed by atoms with Gasteiger partial charge in [0.25, 0.3) is 11.1 Å². The fraction of sp³-hybridized carbons (Fsp3) is 0.500. The molecule has 2 aliphatic rings. The highest BCUT2D eigenvalue weighted by Gasteiger charge is 2.33. The molecule has 1 amide bonds. The molecule has 98 valence electrons. The fourth-order valence-corrected chi connectivity index (χ4v) is 3.26. The van der Waals surface area contributed by atoms with E-state index in [1.165, 1.54) is 4.90 Å². The van der Waals surface area contributed by atoms with Gasteiger partial charge in [-0.1, -0.05) is 0 Å². The predicted octanol–water partition coefficient (Wildman–Crippen LogP) is 1.94. The number of thioether (sulfide) groups is 1. The van der Waals surface area contributed by atoms with Crippen molar-refractivity contribution in [2.45, 2.75) is 13.8 Å². The molecule has 6 heteroatoms. The average Bonchev–Trinajstić information content (AvgIpc) is 2.84. The van der Waals surface area contributed by atoms with Crippen molar-refractivity contribution >= 4 is 35.1 Å². The summed E-state index contributed by atoms with van der Waals surface area (Å²) in [5, 5.41) is 1.42. The van der Waals surface area contributed by atoms with Crippen LogP contribution in [0.2, 0.25) is 0 Å². The molecule has 2 saturated heterocycles. The molecular formula is C12H16N2O2S2. The molecule has 0 aromatic carbocycles. The quantitative estimate of drug-likeness (QED) is 0.572. The highest BCUT2D eigenvalue weighted by Crippen LogP contribution is 2.29. The van der Waals surface area contributed by atoms with Gasteiger partial charge in [0, 0.05) is 31.5 Å². The van der Waals surface area contributed by atoms with Crippen LogP contribution in [0.4, 0.5) is 0 Å². The van der Waals surface area contributed by atoms with Gasteiger partial charge in [-0.05, 0) is 32.1 Å². The van der Waals surface area contributed by atoms with E-state index in [0.29, 0.717) is 12.3 Å². The molecule has 0 radical (unpaired) electrons. The first-order valence-electron chi connectivity index (χ1n) is 5.84. The van der Waals surface area contributed by atoms with E-state index in [-0.39, 0.29) is 11.1 Å². The molecule has 18 heavy (non-hydrogen) atoms. The average molecular weight is 284 g/mol. The van der Waals surface area contributed by atoms with Gasteiger partial charge in [-0.15, -0.1) is 11.8 Å². The van der Waals surface area contributed by atoms with E-state index in [4.69, 9.17) is 17.0 Å². The van der Waals surface area contributed by atoms with Gasteiger partial charge in [0.2, 0.25) is 0 Å². The maximum Gasteiger partial charge on any atom is 0.297 e. The van der Waals surface area contributed by atoms with Crippen LogP contribution in [0.1, 0.15) is 13.8 Å². The Kier molecular flexibility index (Phi) is 3.97. The molecule has 0 bridgehead atoms. The van der Waals surface area contributed by atoms with Crippen LogP contribution in [0.25, 0.3) is 0 Å². The maximum absolute atomic E-state index is 12.0. The minimum Gasteiger partial charge on any atom is -0.425 e. The van der Waals surface area contributed by atoms with E-state index < -0.39 is 0 Å². The van der Waals surface area contributed by atoms with Crippen LogP contribution < -0.4 is 0 Å². The number of hydrogen-bond acceptors (Lipinski definition) is 5. The third kappa shape index (κ3) is 2.40. The lowest BCUT2D eigenvalue weighted by atomic mass is 10.2. The minimum atomic E-state index is -0.137. The van der Waals surface area contributed by atoms with Crippen molar-refractivity contribution in [3.05, 3.63) is 22.4 Å². The van der Waals surface area contributed by atoms with Gasteiger partial charge in [-0.25, -0.2) is 0 Å². The van der Waals surface area contributed by atoms with E-state index in [1.807, 2.05) is 27.0 Å². The first kappa shape index (κ1) is 13.4. The number of thiocarbonyl (C=S) groups is 1. The molecule has 4 nitrogen and oxygen atoms in total. The Balaban J connectivity index is 2.27. The number of amides is 1. The predicted molar refractivity (Wildman–Crippen MR) is 76.9 cm³/mol. The van der Waals surface area contributed by atoms with Crippen molar-refractivity contribution in [3.63, 3.8) is 0 Å². The molecule has 2 rings (SSSR count). The summed E-state index contributed by atoms with van der Waals surface area (Å²) in [5.41, 5.74) is 0.828. The smallest absolute Gasteiger partial charge is 0.297 e. The second kappa shape index (κ2) is 5.32. The van der Waals surface area contributed by atoms with Crippen molar-refractivity contribution in [3.8, 4) is 0 Å². The molecule has 0 N–H and O–H groups in total. The Morgan fingerprint density at radius 3 is 2.83 bits per heavy atom. The molecule has 0 unspecified atom stereocenters. The lowest BCUT2D eigenvalue weighted by Crippen LogP contribution is -2.28. The summed E-state index contributed by atoms with van der Waals surface area (Å²) in [5.74, 6) is 1.30. The Labute approximate surface area is 117 Å². The van der Waals surface area contributed by atoms with E-state index in [9.17, 15) is 4.79 Å². The molecule has 2 fully saturated rings. The largest absolute Gasteiger partial charge is 0.425 e.